The maximum absolute atomic E-state index is 11.7. The van der Waals surface area contributed by atoms with Gasteiger partial charge in [-0.3, -0.25) is 30.0 Å². The molecule has 0 saturated heterocycles. The minimum atomic E-state index is -0.931. The summed E-state index contributed by atoms with van der Waals surface area (Å²) in [6, 6.07) is 29.4. The lowest BCUT2D eigenvalue weighted by Crippen LogP contribution is -2.53. The highest BCUT2D eigenvalue weighted by molar-refractivity contribution is 6.44. The van der Waals surface area contributed by atoms with Gasteiger partial charge in [0.25, 0.3) is 11.8 Å². The van der Waals surface area contributed by atoms with E-state index in [1.807, 2.05) is 76.4 Å². The van der Waals surface area contributed by atoms with Crippen LogP contribution in [0.15, 0.2) is 130 Å². The maximum Gasteiger partial charge on any atom is 0.269 e. The van der Waals surface area contributed by atoms with E-state index < -0.39 is 35.4 Å². The van der Waals surface area contributed by atoms with Crippen LogP contribution < -0.4 is 44.0 Å². The van der Waals surface area contributed by atoms with Crippen molar-refractivity contribution in [1.82, 2.24) is 26.7 Å². The summed E-state index contributed by atoms with van der Waals surface area (Å²) in [5.74, 6) is 3.33. The van der Waals surface area contributed by atoms with Gasteiger partial charge in [-0.25, -0.2) is 5.43 Å². The van der Waals surface area contributed by atoms with Crippen molar-refractivity contribution < 1.29 is 49.8 Å². The number of rotatable bonds is 21. The van der Waals surface area contributed by atoms with Crippen LogP contribution in [-0.2, 0) is 40.2 Å². The smallest absolute Gasteiger partial charge is 0.269 e. The van der Waals surface area contributed by atoms with Crippen molar-refractivity contribution in [1.29, 1.82) is 0 Å². The third-order valence-electron chi connectivity index (χ3n) is 11.5. The van der Waals surface area contributed by atoms with Gasteiger partial charge in [-0.1, -0.05) is 83.9 Å². The summed E-state index contributed by atoms with van der Waals surface area (Å²) >= 11 is 11.8. The van der Waals surface area contributed by atoms with Crippen LogP contribution in [-0.4, -0.2) is 129 Å². The Hall–Kier alpha value is -7.73. The van der Waals surface area contributed by atoms with Crippen molar-refractivity contribution in [3.63, 3.8) is 0 Å². The Morgan fingerprint density at radius 3 is 1.94 bits per heavy atom. The fourth-order valence-electron chi connectivity index (χ4n) is 6.65. The molecular weight excluding hydrogens is 1080 g/mol. The van der Waals surface area contributed by atoms with Gasteiger partial charge in [0.05, 0.1) is 47.5 Å². The number of hydrogen-bond acceptors (Lipinski definition) is 18. The zero-order chi connectivity index (χ0) is 60.7. The number of halogens is 2. The van der Waals surface area contributed by atoms with Crippen LogP contribution in [0.25, 0.3) is 0 Å². The van der Waals surface area contributed by atoms with E-state index in [2.05, 4.69) is 54.0 Å². The van der Waals surface area contributed by atoms with E-state index in [4.69, 9.17) is 55.8 Å². The molecule has 0 saturated carbocycles. The average Bonchev–Trinajstić information content (AvgIpc) is 3.91. The fourth-order valence-corrected chi connectivity index (χ4v) is 7.14. The largest absolute Gasteiger partial charge is 0.504 e. The predicted molar refractivity (Wildman–Crippen MR) is 320 cm³/mol. The summed E-state index contributed by atoms with van der Waals surface area (Å²) in [7, 11) is 1.93. The molecule has 5 aromatic rings. The number of phenolic OH excluding ortho intramolecular Hbond substituents is 5. The molecule has 2 atom stereocenters. The van der Waals surface area contributed by atoms with E-state index in [9.17, 15) is 34.5 Å². The van der Waals surface area contributed by atoms with Crippen LogP contribution in [0, 0.1) is 0 Å². The van der Waals surface area contributed by atoms with Crippen LogP contribution in [0.1, 0.15) is 79.7 Å². The molecule has 0 bridgehead atoms. The molecule has 0 spiro atoms. The van der Waals surface area contributed by atoms with Crippen LogP contribution in [0.3, 0.4) is 0 Å². The van der Waals surface area contributed by atoms with Crippen LogP contribution in [0.4, 0.5) is 0 Å². The lowest BCUT2D eigenvalue weighted by molar-refractivity contribution is -0.123. The Morgan fingerprint density at radius 2 is 1.40 bits per heavy atom. The molecule has 81 heavy (non-hydrogen) atoms. The summed E-state index contributed by atoms with van der Waals surface area (Å²) in [5.41, 5.74) is 18.8. The van der Waals surface area contributed by atoms with Crippen LogP contribution in [0.2, 0.25) is 10.0 Å². The number of aliphatic imine (C=N–C) groups is 1. The number of Topliss-reactive ketones (excluding diaryl/α,β-unsaturated/α-hetero) is 2. The third-order valence-corrected chi connectivity index (χ3v) is 12.1. The number of nitrogens with zero attached hydrogens (tertiary/aromatic N) is 3. The molecule has 1 aliphatic heterocycles. The van der Waals surface area contributed by atoms with Gasteiger partial charge < -0.3 is 63.4 Å². The first-order valence-corrected chi connectivity index (χ1v) is 26.3. The molecule has 0 radical (unpaired) electrons. The van der Waals surface area contributed by atoms with Crippen molar-refractivity contribution in [3.8, 4) is 28.7 Å². The second-order valence-electron chi connectivity index (χ2n) is 18.8. The van der Waals surface area contributed by atoms with E-state index in [1.165, 1.54) is 48.5 Å². The molecule has 0 aliphatic carbocycles. The van der Waals surface area contributed by atoms with E-state index in [0.717, 1.165) is 30.5 Å². The van der Waals surface area contributed by atoms with Crippen molar-refractivity contribution in [2.24, 2.45) is 32.5 Å². The van der Waals surface area contributed by atoms with Gasteiger partial charge in [0.15, 0.2) is 34.6 Å². The first kappa shape index (κ1) is 69.4. The molecule has 6 rings (SSSR count). The zero-order valence-corrected chi connectivity index (χ0v) is 48.1. The number of aliphatic hydroxyl groups is 1. The molecule has 0 aromatic heterocycles. The molecule has 17 N–H and O–H groups in total. The Balaban J connectivity index is 0.000000347. The highest BCUT2D eigenvalue weighted by atomic mass is 35.5. The third kappa shape index (κ3) is 25.9. The topological polar surface area (TPSA) is 365 Å². The standard InChI is InChI=1S/C14H16N2O.C13H20N2O.C11H16N2O5.C11H16N2O3.C9H9Cl2N3/c1-11-9-13(16-10-11)14(17)15-8-7-12-5-3-2-4-6-12;1-10(2)15-13(16)12-6-4-11(5-7-12)8-9-14-3;12-7(5-14)9(16)4-13-3-6-1-2-8(15)11(18)10(6)17;1-7(14)11(2,13-12)6-8-3-4-9(15)10(16)5-8;1-6(12)14-13-5-7-8(10)3-2-4-9(7)11/h2-6,9H,7-8,10H2,1H3,(H,15,17);4-7,10,14H,8-9H2,1-3H3,(H,15,16);1-2,7,13-15,17-18H,3-5,12H2;3-5,13,15-16H,6,12H2,1-2H3;2-5H,1H3,(H2,12,14)/b;;;;13-5+/t;;;11-;/m...0./s1. The zero-order valence-electron chi connectivity index (χ0n) is 46.6. The highest BCUT2D eigenvalue weighted by Gasteiger charge is 2.28. The number of carbonyl (C=O) groups excluding carboxylic acids is 4. The van der Waals surface area contributed by atoms with Gasteiger partial charge in [-0.05, 0) is 145 Å². The number of hydrogen-bond donors (Lipinski definition) is 14. The quantitative estimate of drug-likeness (QED) is 0.0146. The molecule has 21 nitrogen and oxygen atoms in total. The van der Waals surface area contributed by atoms with E-state index in [-0.39, 0.29) is 54.0 Å². The highest BCUT2D eigenvalue weighted by Crippen LogP contribution is 2.37. The monoisotopic (exact) mass is 1160 g/mol. The van der Waals surface area contributed by atoms with Gasteiger partial charge >= 0.3 is 0 Å². The number of carbonyl (C=O) groups is 4. The molecule has 23 heteroatoms. The predicted octanol–water partition coefficient (Wildman–Crippen LogP) is 5.27. The second kappa shape index (κ2) is 36.5. The Morgan fingerprint density at radius 1 is 0.790 bits per heavy atom. The molecule has 0 fully saturated rings. The molecule has 1 aliphatic rings. The summed E-state index contributed by atoms with van der Waals surface area (Å²) in [4.78, 5) is 50.2. The number of phenols is 5. The summed E-state index contributed by atoms with van der Waals surface area (Å²) in [6.45, 7) is 12.5. The molecule has 1 heterocycles. The first-order chi connectivity index (χ1) is 38.3. The molecule has 5 aromatic carbocycles. The van der Waals surface area contributed by atoms with Gasteiger partial charge in [0, 0.05) is 35.8 Å². The van der Waals surface area contributed by atoms with Crippen LogP contribution in [0.5, 0.6) is 28.7 Å². The van der Waals surface area contributed by atoms with Gasteiger partial charge in [-0.15, -0.1) is 5.10 Å². The fraction of sp³-hybridized carbons (Fsp3) is 0.328. The van der Waals surface area contributed by atoms with E-state index in [0.29, 0.717) is 57.8 Å². The number of likely N-dealkylation sites (N-methyl/N-ethyl adjacent to an activating group) is 1. The SMILES string of the molecule is C/C(N)=N/N=C/c1c(Cl)cccc1Cl.CC(=O)[C@](C)(Cc1ccc(O)c(O)c1)NN.CC1=CC(C(=O)NCCc2ccccc2)=NC1.CNCCc1ccc(C(=O)NC(C)C)cc1.NC(CO)C(=O)CNCc1ccc(O)c(O)c1O. The minimum Gasteiger partial charge on any atom is -0.504 e. The van der Waals surface area contributed by atoms with Crippen molar-refractivity contribution in [3.05, 3.63) is 158 Å². The first-order valence-electron chi connectivity index (χ1n) is 25.5. The van der Waals surface area contributed by atoms with Crippen LogP contribution >= 0.6 is 23.2 Å². The summed E-state index contributed by atoms with van der Waals surface area (Å²) < 4.78 is 0. The summed E-state index contributed by atoms with van der Waals surface area (Å²) in [5, 5.41) is 75.0. The molecule has 1 unspecified atom stereocenters. The number of aliphatic hydroxyl groups excluding tert-OH is 1. The Labute approximate surface area is 483 Å². The molecular formula is C58H77Cl2N11O10. The van der Waals surface area contributed by atoms with Crippen molar-refractivity contribution in [2.45, 2.75) is 85.0 Å². The number of nitrogens with one attached hydrogen (secondary N) is 5. The number of benzene rings is 5. The Bertz CT molecular complexity index is 2920. The van der Waals surface area contributed by atoms with Gasteiger partial charge in [0.1, 0.15) is 11.5 Å². The number of aromatic hydroxyl groups is 5. The number of amides is 2. The number of hydrazine groups is 1. The van der Waals surface area contributed by atoms with Crippen molar-refractivity contribution >= 4 is 64.3 Å². The van der Waals surface area contributed by atoms with Crippen molar-refractivity contribution in [2.75, 3.05) is 39.8 Å². The molecule has 2 amide bonds. The summed E-state index contributed by atoms with van der Waals surface area (Å²) in [6.07, 6.45) is 5.50. The number of ketones is 2. The van der Waals surface area contributed by atoms with E-state index in [1.54, 1.807) is 38.1 Å². The average molecular weight is 1160 g/mol. The number of amidine groups is 1. The lowest BCUT2D eigenvalue weighted by Gasteiger charge is -2.25. The maximum atomic E-state index is 11.7. The Kier molecular flexibility index (Phi) is 31.3. The van der Waals surface area contributed by atoms with Gasteiger partial charge in [-0.2, -0.15) is 5.10 Å². The second-order valence-corrected chi connectivity index (χ2v) is 19.6. The minimum absolute atomic E-state index is 0.00448. The molecule has 438 valence electrons. The van der Waals surface area contributed by atoms with E-state index >= 15 is 0 Å². The lowest BCUT2D eigenvalue weighted by atomic mass is 9.90. The number of nitrogens with two attached hydrogens (primary N) is 3. The normalized spacial score (nSPS) is 12.8. The van der Waals surface area contributed by atoms with Gasteiger partial charge in [0.2, 0.25) is 5.75 Å².